The minimum atomic E-state index is -3.53. The Labute approximate surface area is 118 Å². The second-order valence-corrected chi connectivity index (χ2v) is 6.40. The molecule has 0 amide bonds. The molecule has 0 aliphatic carbocycles. The summed E-state index contributed by atoms with van der Waals surface area (Å²) in [7, 11) is -2.12. The van der Waals surface area contributed by atoms with Crippen LogP contribution >= 0.6 is 0 Å². The van der Waals surface area contributed by atoms with Gasteiger partial charge in [-0.15, -0.1) is 0 Å². The third-order valence-electron chi connectivity index (χ3n) is 2.81. The molecule has 0 atom stereocenters. The molecule has 0 bridgehead atoms. The van der Waals surface area contributed by atoms with Gasteiger partial charge in [-0.25, -0.2) is 8.42 Å². The number of sulfone groups is 1. The van der Waals surface area contributed by atoms with E-state index in [1.165, 1.54) is 19.2 Å². The molecular weight excluding hydrogens is 276 g/mol. The summed E-state index contributed by atoms with van der Waals surface area (Å²) < 4.78 is 30.0. The standard InChI is InChI=1S/C14H16N2O3S/c1-10-4-3-5-12(16-10)9-20(17,18)14-7-6-11(15)8-13(14)19-2/h3-8H,9,15H2,1-2H3. The van der Waals surface area contributed by atoms with Crippen molar-refractivity contribution in [3.63, 3.8) is 0 Å². The molecule has 0 spiro atoms. The maximum absolute atomic E-state index is 12.4. The Hall–Kier alpha value is -2.08. The van der Waals surface area contributed by atoms with Gasteiger partial charge in [-0.3, -0.25) is 4.98 Å². The number of rotatable bonds is 4. The zero-order valence-corrected chi connectivity index (χ0v) is 12.1. The largest absolute Gasteiger partial charge is 0.495 e. The van der Waals surface area contributed by atoms with E-state index in [1.807, 2.05) is 13.0 Å². The maximum atomic E-state index is 12.4. The molecule has 0 radical (unpaired) electrons. The van der Waals surface area contributed by atoms with Crippen molar-refractivity contribution in [2.75, 3.05) is 12.8 Å². The SMILES string of the molecule is COc1cc(N)ccc1S(=O)(=O)Cc1cccc(C)n1. The average molecular weight is 292 g/mol. The Morgan fingerprint density at radius 2 is 2.00 bits per heavy atom. The van der Waals surface area contributed by atoms with Gasteiger partial charge in [-0.1, -0.05) is 6.07 Å². The Bertz CT molecular complexity index is 727. The maximum Gasteiger partial charge on any atom is 0.187 e. The van der Waals surface area contributed by atoms with Crippen molar-refractivity contribution in [1.82, 2.24) is 4.98 Å². The van der Waals surface area contributed by atoms with Crippen LogP contribution in [0.4, 0.5) is 5.69 Å². The highest BCUT2D eigenvalue weighted by molar-refractivity contribution is 7.90. The van der Waals surface area contributed by atoms with Gasteiger partial charge in [0.05, 0.1) is 18.6 Å². The summed E-state index contributed by atoms with van der Waals surface area (Å²) in [6, 6.07) is 9.79. The van der Waals surface area contributed by atoms with Crippen LogP contribution in [0.5, 0.6) is 5.75 Å². The number of aryl methyl sites for hydroxylation is 1. The number of methoxy groups -OCH3 is 1. The molecular formula is C14H16N2O3S. The number of hydrogen-bond acceptors (Lipinski definition) is 5. The fraction of sp³-hybridized carbons (Fsp3) is 0.214. The fourth-order valence-electron chi connectivity index (χ4n) is 1.89. The van der Waals surface area contributed by atoms with Crippen LogP contribution in [0, 0.1) is 6.92 Å². The van der Waals surface area contributed by atoms with Crippen molar-refractivity contribution in [2.45, 2.75) is 17.6 Å². The van der Waals surface area contributed by atoms with Gasteiger partial charge in [0.25, 0.3) is 0 Å². The number of aromatic nitrogens is 1. The Balaban J connectivity index is 2.40. The number of nitrogens with two attached hydrogens (primary N) is 1. The van der Waals surface area contributed by atoms with E-state index in [9.17, 15) is 8.42 Å². The number of nitrogens with zero attached hydrogens (tertiary/aromatic N) is 1. The summed E-state index contributed by atoms with van der Waals surface area (Å²) >= 11 is 0. The monoisotopic (exact) mass is 292 g/mol. The number of nitrogen functional groups attached to an aromatic ring is 1. The molecule has 20 heavy (non-hydrogen) atoms. The van der Waals surface area contributed by atoms with E-state index < -0.39 is 9.84 Å². The third kappa shape index (κ3) is 3.08. The van der Waals surface area contributed by atoms with E-state index in [2.05, 4.69) is 4.98 Å². The molecule has 1 aromatic carbocycles. The van der Waals surface area contributed by atoms with E-state index in [-0.39, 0.29) is 16.4 Å². The van der Waals surface area contributed by atoms with Gasteiger partial charge in [0, 0.05) is 17.4 Å². The minimum absolute atomic E-state index is 0.123. The molecule has 0 aliphatic rings. The quantitative estimate of drug-likeness (QED) is 0.871. The van der Waals surface area contributed by atoms with Crippen molar-refractivity contribution < 1.29 is 13.2 Å². The predicted molar refractivity (Wildman–Crippen MR) is 77.3 cm³/mol. The van der Waals surface area contributed by atoms with E-state index in [0.29, 0.717) is 11.4 Å². The molecule has 2 rings (SSSR count). The van der Waals surface area contributed by atoms with Crippen LogP contribution in [0.3, 0.4) is 0 Å². The molecule has 6 heteroatoms. The predicted octanol–water partition coefficient (Wildman–Crippen LogP) is 1.95. The molecule has 0 aliphatic heterocycles. The van der Waals surface area contributed by atoms with Crippen LogP contribution < -0.4 is 10.5 Å². The number of ether oxygens (including phenoxy) is 1. The van der Waals surface area contributed by atoms with Crippen molar-refractivity contribution in [1.29, 1.82) is 0 Å². The van der Waals surface area contributed by atoms with Crippen LogP contribution in [0.1, 0.15) is 11.4 Å². The highest BCUT2D eigenvalue weighted by atomic mass is 32.2. The van der Waals surface area contributed by atoms with Gasteiger partial charge in [0.15, 0.2) is 9.84 Å². The van der Waals surface area contributed by atoms with Gasteiger partial charge < -0.3 is 10.5 Å². The van der Waals surface area contributed by atoms with Crippen LogP contribution in [0.2, 0.25) is 0 Å². The smallest absolute Gasteiger partial charge is 0.187 e. The highest BCUT2D eigenvalue weighted by Gasteiger charge is 2.21. The van der Waals surface area contributed by atoms with Crippen LogP contribution in [0.25, 0.3) is 0 Å². The fourth-order valence-corrected chi connectivity index (χ4v) is 3.32. The van der Waals surface area contributed by atoms with Crippen LogP contribution in [-0.2, 0) is 15.6 Å². The molecule has 2 N–H and O–H groups in total. The van der Waals surface area contributed by atoms with Crippen molar-refractivity contribution in [2.24, 2.45) is 0 Å². The molecule has 5 nitrogen and oxygen atoms in total. The minimum Gasteiger partial charge on any atom is -0.495 e. The highest BCUT2D eigenvalue weighted by Crippen LogP contribution is 2.28. The Morgan fingerprint density at radius 3 is 2.65 bits per heavy atom. The zero-order valence-electron chi connectivity index (χ0n) is 11.3. The molecule has 1 aromatic heterocycles. The molecule has 0 unspecified atom stereocenters. The first-order valence-electron chi connectivity index (χ1n) is 6.01. The number of benzene rings is 1. The average Bonchev–Trinajstić information content (AvgIpc) is 2.37. The van der Waals surface area contributed by atoms with Gasteiger partial charge in [-0.05, 0) is 31.2 Å². The lowest BCUT2D eigenvalue weighted by molar-refractivity contribution is 0.403. The van der Waals surface area contributed by atoms with E-state index in [4.69, 9.17) is 10.5 Å². The van der Waals surface area contributed by atoms with Crippen molar-refractivity contribution >= 4 is 15.5 Å². The Morgan fingerprint density at radius 1 is 1.25 bits per heavy atom. The van der Waals surface area contributed by atoms with Gasteiger partial charge in [0.2, 0.25) is 0 Å². The van der Waals surface area contributed by atoms with E-state index >= 15 is 0 Å². The first-order valence-corrected chi connectivity index (χ1v) is 7.66. The van der Waals surface area contributed by atoms with Crippen molar-refractivity contribution in [3.8, 4) is 5.75 Å². The topological polar surface area (TPSA) is 82.3 Å². The third-order valence-corrected chi connectivity index (χ3v) is 4.49. The molecule has 0 fully saturated rings. The summed E-state index contributed by atoms with van der Waals surface area (Å²) in [5, 5.41) is 0. The lowest BCUT2D eigenvalue weighted by Crippen LogP contribution is -2.08. The molecule has 0 saturated heterocycles. The van der Waals surface area contributed by atoms with Crippen molar-refractivity contribution in [3.05, 3.63) is 47.8 Å². The first-order chi connectivity index (χ1) is 9.42. The second-order valence-electron chi connectivity index (χ2n) is 4.44. The lowest BCUT2D eigenvalue weighted by atomic mass is 10.3. The van der Waals surface area contributed by atoms with Gasteiger partial charge >= 0.3 is 0 Å². The second kappa shape index (κ2) is 5.50. The molecule has 1 heterocycles. The number of hydrogen-bond donors (Lipinski definition) is 1. The zero-order chi connectivity index (χ0) is 14.8. The van der Waals surface area contributed by atoms with Crippen LogP contribution in [0.15, 0.2) is 41.3 Å². The lowest BCUT2D eigenvalue weighted by Gasteiger charge is -2.10. The molecule has 2 aromatic rings. The van der Waals surface area contributed by atoms with Crippen LogP contribution in [-0.4, -0.2) is 20.5 Å². The molecule has 106 valence electrons. The summed E-state index contributed by atoms with van der Waals surface area (Å²) in [4.78, 5) is 4.33. The Kier molecular flexibility index (Phi) is 3.94. The summed E-state index contributed by atoms with van der Waals surface area (Å²) in [5.74, 6) is 0.0762. The van der Waals surface area contributed by atoms with E-state index in [0.717, 1.165) is 5.69 Å². The number of pyridine rings is 1. The van der Waals surface area contributed by atoms with Gasteiger partial charge in [0.1, 0.15) is 10.6 Å². The molecule has 0 saturated carbocycles. The number of anilines is 1. The summed E-state index contributed by atoms with van der Waals surface area (Å²) in [6.45, 7) is 1.82. The summed E-state index contributed by atoms with van der Waals surface area (Å²) in [6.07, 6.45) is 0. The normalized spacial score (nSPS) is 11.3. The first kappa shape index (κ1) is 14.3. The summed E-state index contributed by atoms with van der Waals surface area (Å²) in [5.41, 5.74) is 7.37. The van der Waals surface area contributed by atoms with Gasteiger partial charge in [-0.2, -0.15) is 0 Å². The van der Waals surface area contributed by atoms with E-state index in [1.54, 1.807) is 18.2 Å².